The van der Waals surface area contributed by atoms with E-state index in [1.54, 1.807) is 6.07 Å². The predicted octanol–water partition coefficient (Wildman–Crippen LogP) is 1.61. The van der Waals surface area contributed by atoms with Crippen LogP contribution in [0.1, 0.15) is 23.4 Å². The third-order valence-electron chi connectivity index (χ3n) is 1.90. The Kier molecular flexibility index (Phi) is 3.89. The SMILES string of the molecule is COC(=O)Cc1ccc(C#N)nc1C(F)F. The molecule has 1 aromatic rings. The minimum absolute atomic E-state index is 0.0702. The average molecular weight is 226 g/mol. The minimum atomic E-state index is -2.83. The van der Waals surface area contributed by atoms with Crippen molar-refractivity contribution < 1.29 is 18.3 Å². The third-order valence-corrected chi connectivity index (χ3v) is 1.90. The zero-order valence-electron chi connectivity index (χ0n) is 8.41. The number of methoxy groups -OCH3 is 1. The lowest BCUT2D eigenvalue weighted by Crippen LogP contribution is -2.09. The summed E-state index contributed by atoms with van der Waals surface area (Å²) in [5.41, 5.74) is -0.589. The Morgan fingerprint density at radius 3 is 2.81 bits per heavy atom. The smallest absolute Gasteiger partial charge is 0.310 e. The number of carbonyl (C=O) groups excluding carboxylic acids is 1. The molecule has 0 radical (unpaired) electrons. The highest BCUT2D eigenvalue weighted by Crippen LogP contribution is 2.21. The second-order valence-electron chi connectivity index (χ2n) is 2.91. The van der Waals surface area contributed by atoms with E-state index in [1.165, 1.54) is 19.2 Å². The molecule has 1 rings (SSSR count). The van der Waals surface area contributed by atoms with Gasteiger partial charge in [-0.15, -0.1) is 0 Å². The number of halogens is 2. The van der Waals surface area contributed by atoms with Crippen molar-refractivity contribution in [2.24, 2.45) is 0 Å². The van der Waals surface area contributed by atoms with Gasteiger partial charge in [0.2, 0.25) is 0 Å². The second-order valence-corrected chi connectivity index (χ2v) is 2.91. The van der Waals surface area contributed by atoms with Gasteiger partial charge in [0, 0.05) is 0 Å². The summed E-state index contributed by atoms with van der Waals surface area (Å²) >= 11 is 0. The van der Waals surface area contributed by atoms with Gasteiger partial charge < -0.3 is 4.74 Å². The summed E-state index contributed by atoms with van der Waals surface area (Å²) in [6.07, 6.45) is -3.11. The minimum Gasteiger partial charge on any atom is -0.469 e. The molecule has 0 atom stereocenters. The highest BCUT2D eigenvalue weighted by Gasteiger charge is 2.17. The Labute approximate surface area is 90.5 Å². The first-order valence-electron chi connectivity index (χ1n) is 4.33. The summed E-state index contributed by atoms with van der Waals surface area (Å²) in [6.45, 7) is 0. The summed E-state index contributed by atoms with van der Waals surface area (Å²) in [6, 6.07) is 4.22. The third kappa shape index (κ3) is 2.73. The molecule has 4 nitrogen and oxygen atoms in total. The predicted molar refractivity (Wildman–Crippen MR) is 49.6 cm³/mol. The summed E-state index contributed by atoms with van der Waals surface area (Å²) in [5.74, 6) is -0.631. The zero-order chi connectivity index (χ0) is 12.1. The molecule has 0 aromatic carbocycles. The fourth-order valence-electron chi connectivity index (χ4n) is 1.13. The van der Waals surface area contributed by atoms with Crippen LogP contribution in [0, 0.1) is 11.3 Å². The maximum atomic E-state index is 12.6. The summed E-state index contributed by atoms with van der Waals surface area (Å²) in [7, 11) is 1.17. The molecule has 0 fully saturated rings. The lowest BCUT2D eigenvalue weighted by molar-refractivity contribution is -0.139. The Morgan fingerprint density at radius 2 is 2.31 bits per heavy atom. The Bertz CT molecular complexity index is 441. The molecule has 84 valence electrons. The molecule has 0 saturated heterocycles. The maximum absolute atomic E-state index is 12.6. The van der Waals surface area contributed by atoms with E-state index in [4.69, 9.17) is 5.26 Å². The Hall–Kier alpha value is -2.03. The number of hydrogen-bond donors (Lipinski definition) is 0. The topological polar surface area (TPSA) is 63.0 Å². The molecule has 1 aromatic heterocycles. The number of alkyl halides is 2. The lowest BCUT2D eigenvalue weighted by atomic mass is 10.1. The van der Waals surface area contributed by atoms with Gasteiger partial charge in [-0.2, -0.15) is 5.26 Å². The summed E-state index contributed by atoms with van der Waals surface area (Å²) in [5, 5.41) is 8.51. The average Bonchev–Trinajstić information content (AvgIpc) is 2.29. The van der Waals surface area contributed by atoms with Crippen molar-refractivity contribution in [1.29, 1.82) is 5.26 Å². The van der Waals surface area contributed by atoms with Crippen molar-refractivity contribution in [3.63, 3.8) is 0 Å². The number of esters is 1. The van der Waals surface area contributed by atoms with Crippen LogP contribution in [0.3, 0.4) is 0 Å². The van der Waals surface area contributed by atoms with E-state index in [-0.39, 0.29) is 17.7 Å². The van der Waals surface area contributed by atoms with Gasteiger partial charge in [0.1, 0.15) is 17.5 Å². The van der Waals surface area contributed by atoms with E-state index in [9.17, 15) is 13.6 Å². The molecule has 0 saturated carbocycles. The van der Waals surface area contributed by atoms with Gasteiger partial charge in [-0.05, 0) is 11.6 Å². The van der Waals surface area contributed by atoms with Crippen LogP contribution in [0.2, 0.25) is 0 Å². The van der Waals surface area contributed by atoms with Gasteiger partial charge in [0.05, 0.1) is 13.5 Å². The molecular formula is C10H8F2N2O2. The normalized spacial score (nSPS) is 9.94. The van der Waals surface area contributed by atoms with Crippen molar-refractivity contribution in [3.8, 4) is 6.07 Å². The standard InChI is InChI=1S/C10H8F2N2O2/c1-16-8(15)4-6-2-3-7(5-13)14-9(6)10(11)12/h2-3,10H,4H2,1H3. The lowest BCUT2D eigenvalue weighted by Gasteiger charge is -2.06. The van der Waals surface area contributed by atoms with Crippen LogP contribution in [-0.4, -0.2) is 18.1 Å². The van der Waals surface area contributed by atoms with E-state index in [2.05, 4.69) is 9.72 Å². The number of rotatable bonds is 3. The number of nitrogens with zero attached hydrogens (tertiary/aromatic N) is 2. The summed E-state index contributed by atoms with van der Waals surface area (Å²) in [4.78, 5) is 14.4. The molecule has 1 heterocycles. The van der Waals surface area contributed by atoms with Gasteiger partial charge >= 0.3 is 5.97 Å². The number of carbonyl (C=O) groups is 1. The second kappa shape index (κ2) is 5.16. The molecule has 0 N–H and O–H groups in total. The van der Waals surface area contributed by atoms with E-state index >= 15 is 0 Å². The van der Waals surface area contributed by atoms with Crippen LogP contribution in [0.15, 0.2) is 12.1 Å². The first kappa shape index (κ1) is 12.0. The van der Waals surface area contributed by atoms with Crippen LogP contribution in [0.4, 0.5) is 8.78 Å². The molecule has 0 aliphatic heterocycles. The van der Waals surface area contributed by atoms with E-state index in [1.807, 2.05) is 0 Å². The highest BCUT2D eigenvalue weighted by molar-refractivity contribution is 5.72. The molecule has 6 heteroatoms. The Morgan fingerprint density at radius 1 is 1.62 bits per heavy atom. The van der Waals surface area contributed by atoms with Gasteiger partial charge in [-0.25, -0.2) is 13.8 Å². The number of nitriles is 1. The number of hydrogen-bond acceptors (Lipinski definition) is 4. The fraction of sp³-hybridized carbons (Fsp3) is 0.300. The van der Waals surface area contributed by atoms with E-state index in [0.717, 1.165) is 0 Å². The first-order chi connectivity index (χ1) is 7.58. The fourth-order valence-corrected chi connectivity index (χ4v) is 1.13. The highest BCUT2D eigenvalue weighted by atomic mass is 19.3. The number of pyridine rings is 1. The molecule has 0 spiro atoms. The zero-order valence-corrected chi connectivity index (χ0v) is 8.41. The number of aromatic nitrogens is 1. The van der Waals surface area contributed by atoms with Gasteiger partial charge in [0.15, 0.2) is 0 Å². The molecule has 0 bridgehead atoms. The van der Waals surface area contributed by atoms with Crippen LogP contribution in [0.5, 0.6) is 0 Å². The largest absolute Gasteiger partial charge is 0.469 e. The molecule has 0 aliphatic carbocycles. The molecule has 0 aliphatic rings. The van der Waals surface area contributed by atoms with Crippen LogP contribution >= 0.6 is 0 Å². The van der Waals surface area contributed by atoms with E-state index in [0.29, 0.717) is 0 Å². The van der Waals surface area contributed by atoms with Crippen LogP contribution in [-0.2, 0) is 16.0 Å². The number of ether oxygens (including phenoxy) is 1. The van der Waals surface area contributed by atoms with Crippen molar-refractivity contribution in [1.82, 2.24) is 4.98 Å². The van der Waals surface area contributed by atoms with Gasteiger partial charge in [-0.3, -0.25) is 4.79 Å². The molecule has 16 heavy (non-hydrogen) atoms. The molecular weight excluding hydrogens is 218 g/mol. The van der Waals surface area contributed by atoms with Crippen molar-refractivity contribution in [2.45, 2.75) is 12.8 Å². The van der Waals surface area contributed by atoms with Crippen LogP contribution < -0.4 is 0 Å². The molecule has 0 unspecified atom stereocenters. The first-order valence-corrected chi connectivity index (χ1v) is 4.33. The quantitative estimate of drug-likeness (QED) is 0.734. The van der Waals surface area contributed by atoms with Crippen molar-refractivity contribution >= 4 is 5.97 Å². The van der Waals surface area contributed by atoms with Crippen LogP contribution in [0.25, 0.3) is 0 Å². The Balaban J connectivity index is 3.09. The maximum Gasteiger partial charge on any atom is 0.310 e. The van der Waals surface area contributed by atoms with Crippen molar-refractivity contribution in [2.75, 3.05) is 7.11 Å². The van der Waals surface area contributed by atoms with E-state index < -0.39 is 18.1 Å². The monoisotopic (exact) mass is 226 g/mol. The van der Waals surface area contributed by atoms with Gasteiger partial charge in [-0.1, -0.05) is 6.07 Å². The van der Waals surface area contributed by atoms with Gasteiger partial charge in [0.25, 0.3) is 6.43 Å². The van der Waals surface area contributed by atoms with Crippen molar-refractivity contribution in [3.05, 3.63) is 29.1 Å². The summed E-state index contributed by atoms with van der Waals surface area (Å²) < 4.78 is 29.5. The molecule has 0 amide bonds.